The van der Waals surface area contributed by atoms with Gasteiger partial charge in [0.15, 0.2) is 0 Å². The number of benzene rings is 1. The number of likely N-dealkylation sites (tertiary alicyclic amines) is 1. The van der Waals surface area contributed by atoms with Gasteiger partial charge in [0.25, 0.3) is 0 Å². The van der Waals surface area contributed by atoms with E-state index in [4.69, 9.17) is 18.9 Å². The first kappa shape index (κ1) is 20.6. The van der Waals surface area contributed by atoms with Crippen LogP contribution in [-0.4, -0.2) is 93.5 Å². The minimum atomic E-state index is -0.537. The Labute approximate surface area is 165 Å². The Morgan fingerprint density at radius 3 is 2.61 bits per heavy atom. The highest BCUT2D eigenvalue weighted by molar-refractivity contribution is 5.89. The van der Waals surface area contributed by atoms with Crippen molar-refractivity contribution in [3.8, 4) is 5.75 Å². The summed E-state index contributed by atoms with van der Waals surface area (Å²) in [5, 5.41) is 0. The van der Waals surface area contributed by atoms with Crippen molar-refractivity contribution in [2.45, 2.75) is 18.6 Å². The first-order valence-corrected chi connectivity index (χ1v) is 9.63. The van der Waals surface area contributed by atoms with Crippen molar-refractivity contribution in [1.29, 1.82) is 0 Å². The Bertz CT molecular complexity index is 635. The molecule has 28 heavy (non-hydrogen) atoms. The Morgan fingerprint density at radius 2 is 1.89 bits per heavy atom. The van der Waals surface area contributed by atoms with E-state index in [1.807, 2.05) is 30.3 Å². The van der Waals surface area contributed by atoms with E-state index < -0.39 is 6.04 Å². The minimum absolute atomic E-state index is 0.0484. The van der Waals surface area contributed by atoms with Gasteiger partial charge in [-0.1, -0.05) is 18.2 Å². The molecule has 1 aromatic rings. The summed E-state index contributed by atoms with van der Waals surface area (Å²) in [4.78, 5) is 29.1. The lowest BCUT2D eigenvalue weighted by atomic mass is 10.1. The third-order valence-electron chi connectivity index (χ3n) is 4.89. The highest BCUT2D eigenvalue weighted by atomic mass is 16.5. The summed E-state index contributed by atoms with van der Waals surface area (Å²) in [5.41, 5.74) is 0. The zero-order valence-corrected chi connectivity index (χ0v) is 16.2. The Balaban J connectivity index is 1.65. The fourth-order valence-corrected chi connectivity index (χ4v) is 3.46. The van der Waals surface area contributed by atoms with Gasteiger partial charge in [0, 0.05) is 26.6 Å². The fourth-order valence-electron chi connectivity index (χ4n) is 3.46. The highest BCUT2D eigenvalue weighted by Gasteiger charge is 2.42. The first-order chi connectivity index (χ1) is 13.7. The van der Waals surface area contributed by atoms with Gasteiger partial charge in [0.1, 0.15) is 24.5 Å². The number of para-hydroxylation sites is 1. The molecule has 1 aromatic carbocycles. The summed E-state index contributed by atoms with van der Waals surface area (Å²) < 4.78 is 21.7. The largest absolute Gasteiger partial charge is 0.488 e. The Morgan fingerprint density at radius 1 is 1.14 bits per heavy atom. The molecule has 2 saturated heterocycles. The molecule has 2 amide bonds. The van der Waals surface area contributed by atoms with Gasteiger partial charge in [-0.3, -0.25) is 9.59 Å². The number of hydrogen-bond acceptors (Lipinski definition) is 6. The van der Waals surface area contributed by atoms with Gasteiger partial charge in [0.2, 0.25) is 11.8 Å². The molecule has 2 fully saturated rings. The van der Waals surface area contributed by atoms with Gasteiger partial charge in [-0.25, -0.2) is 0 Å². The van der Waals surface area contributed by atoms with Crippen molar-refractivity contribution in [2.75, 3.05) is 59.8 Å². The maximum absolute atomic E-state index is 13.0. The van der Waals surface area contributed by atoms with E-state index in [-0.39, 0.29) is 24.5 Å². The van der Waals surface area contributed by atoms with E-state index in [2.05, 4.69) is 0 Å². The van der Waals surface area contributed by atoms with Crippen LogP contribution in [0, 0.1) is 0 Å². The molecule has 154 valence electrons. The van der Waals surface area contributed by atoms with Gasteiger partial charge in [0.05, 0.1) is 33.0 Å². The van der Waals surface area contributed by atoms with Gasteiger partial charge >= 0.3 is 0 Å². The molecule has 0 radical (unpaired) electrons. The molecule has 0 aromatic heterocycles. The maximum atomic E-state index is 13.0. The number of rotatable bonds is 8. The summed E-state index contributed by atoms with van der Waals surface area (Å²) in [6.45, 7) is 3.19. The number of amides is 2. The monoisotopic (exact) mass is 392 g/mol. The fraction of sp³-hybridized carbons (Fsp3) is 0.600. The number of hydrogen-bond donors (Lipinski definition) is 0. The van der Waals surface area contributed by atoms with Gasteiger partial charge < -0.3 is 28.7 Å². The number of morpholine rings is 1. The Kier molecular flexibility index (Phi) is 7.64. The van der Waals surface area contributed by atoms with Gasteiger partial charge in [-0.2, -0.15) is 0 Å². The molecule has 3 rings (SSSR count). The van der Waals surface area contributed by atoms with Crippen molar-refractivity contribution in [3.63, 3.8) is 0 Å². The average molecular weight is 392 g/mol. The zero-order valence-electron chi connectivity index (χ0n) is 16.2. The number of nitrogens with zero attached hydrogens (tertiary/aromatic N) is 2. The SMILES string of the molecule is COCCOCC(=O)N1C[C@@H](Oc2ccccc2)C[C@H]1C(=O)N1CCOCC1. The third-order valence-corrected chi connectivity index (χ3v) is 4.89. The summed E-state index contributed by atoms with van der Waals surface area (Å²) in [7, 11) is 1.58. The zero-order chi connectivity index (χ0) is 19.8. The van der Waals surface area contributed by atoms with Crippen molar-refractivity contribution in [1.82, 2.24) is 9.80 Å². The third kappa shape index (κ3) is 5.43. The number of carbonyl (C=O) groups excluding carboxylic acids is 2. The number of ether oxygens (including phenoxy) is 4. The van der Waals surface area contributed by atoms with Crippen LogP contribution in [0.5, 0.6) is 5.75 Å². The van der Waals surface area contributed by atoms with Crippen LogP contribution in [-0.2, 0) is 23.8 Å². The van der Waals surface area contributed by atoms with E-state index >= 15 is 0 Å². The summed E-state index contributed by atoms with van der Waals surface area (Å²) in [5.74, 6) is 0.477. The lowest BCUT2D eigenvalue weighted by Gasteiger charge is -2.32. The van der Waals surface area contributed by atoms with Crippen molar-refractivity contribution in [2.24, 2.45) is 0 Å². The van der Waals surface area contributed by atoms with Crippen LogP contribution in [0.25, 0.3) is 0 Å². The molecule has 2 heterocycles. The molecular formula is C20H28N2O6. The average Bonchev–Trinajstić information content (AvgIpc) is 3.16. The van der Waals surface area contributed by atoms with Crippen molar-refractivity contribution in [3.05, 3.63) is 30.3 Å². The molecule has 8 heteroatoms. The summed E-state index contributed by atoms with van der Waals surface area (Å²) in [6.07, 6.45) is 0.231. The molecular weight excluding hydrogens is 364 g/mol. The van der Waals surface area contributed by atoms with E-state index in [1.54, 1.807) is 16.9 Å². The van der Waals surface area contributed by atoms with E-state index in [0.717, 1.165) is 5.75 Å². The molecule has 0 bridgehead atoms. The van der Waals surface area contributed by atoms with Gasteiger partial charge in [-0.15, -0.1) is 0 Å². The topological polar surface area (TPSA) is 77.5 Å². The quantitative estimate of drug-likeness (QED) is 0.602. The lowest BCUT2D eigenvalue weighted by Crippen LogP contribution is -2.51. The van der Waals surface area contributed by atoms with E-state index in [9.17, 15) is 9.59 Å². The molecule has 2 aliphatic heterocycles. The van der Waals surface area contributed by atoms with Gasteiger partial charge in [-0.05, 0) is 12.1 Å². The predicted molar refractivity (Wildman–Crippen MR) is 101 cm³/mol. The standard InChI is InChI=1S/C20H28N2O6/c1-25-11-12-27-15-19(23)22-14-17(28-16-5-3-2-4-6-16)13-18(22)20(24)21-7-9-26-10-8-21/h2-6,17-18H,7-15H2,1H3/t17-,18-/m0/s1. The second-order valence-electron chi connectivity index (χ2n) is 6.83. The summed E-state index contributed by atoms with van der Waals surface area (Å²) in [6, 6.07) is 8.92. The molecule has 2 aliphatic rings. The van der Waals surface area contributed by atoms with Crippen molar-refractivity contribution >= 4 is 11.8 Å². The maximum Gasteiger partial charge on any atom is 0.249 e. The molecule has 0 aliphatic carbocycles. The molecule has 0 unspecified atom stereocenters. The highest BCUT2D eigenvalue weighted by Crippen LogP contribution is 2.25. The second kappa shape index (κ2) is 10.4. The first-order valence-electron chi connectivity index (χ1n) is 9.63. The second-order valence-corrected chi connectivity index (χ2v) is 6.83. The normalized spacial score (nSPS) is 22.3. The summed E-state index contributed by atoms with van der Waals surface area (Å²) >= 11 is 0. The Hall–Kier alpha value is -2.16. The predicted octanol–water partition coefficient (Wildman–Crippen LogP) is 0.557. The molecule has 2 atom stereocenters. The van der Waals surface area contributed by atoms with E-state index in [1.165, 1.54) is 0 Å². The molecule has 0 saturated carbocycles. The van der Waals surface area contributed by atoms with E-state index in [0.29, 0.717) is 52.5 Å². The van der Waals surface area contributed by atoms with Crippen LogP contribution < -0.4 is 4.74 Å². The molecule has 0 N–H and O–H groups in total. The van der Waals surface area contributed by atoms with Crippen LogP contribution in [0.3, 0.4) is 0 Å². The van der Waals surface area contributed by atoms with Crippen LogP contribution in [0.1, 0.15) is 6.42 Å². The van der Waals surface area contributed by atoms with Crippen LogP contribution >= 0.6 is 0 Å². The minimum Gasteiger partial charge on any atom is -0.488 e. The van der Waals surface area contributed by atoms with Crippen LogP contribution in [0.15, 0.2) is 30.3 Å². The lowest BCUT2D eigenvalue weighted by molar-refractivity contribution is -0.148. The smallest absolute Gasteiger partial charge is 0.249 e. The van der Waals surface area contributed by atoms with Crippen LogP contribution in [0.2, 0.25) is 0 Å². The molecule has 8 nitrogen and oxygen atoms in total. The van der Waals surface area contributed by atoms with Crippen LogP contribution in [0.4, 0.5) is 0 Å². The number of methoxy groups -OCH3 is 1. The molecule has 0 spiro atoms. The number of carbonyl (C=O) groups is 2. The van der Waals surface area contributed by atoms with Crippen molar-refractivity contribution < 1.29 is 28.5 Å².